The van der Waals surface area contributed by atoms with Crippen molar-refractivity contribution in [3.05, 3.63) is 58.7 Å². The monoisotopic (exact) mass is 462 g/mol. The molecule has 4 atom stereocenters. The van der Waals surface area contributed by atoms with Gasteiger partial charge >= 0.3 is 0 Å². The van der Waals surface area contributed by atoms with Crippen molar-refractivity contribution in [1.82, 2.24) is 0 Å². The van der Waals surface area contributed by atoms with Gasteiger partial charge in [-0.1, -0.05) is 36.4 Å². The third-order valence-corrected chi connectivity index (χ3v) is 8.88. The van der Waals surface area contributed by atoms with E-state index in [1.165, 1.54) is 47.9 Å². The molecule has 3 fully saturated rings. The van der Waals surface area contributed by atoms with Crippen LogP contribution in [0.2, 0.25) is 0 Å². The van der Waals surface area contributed by atoms with E-state index < -0.39 is 0 Å². The maximum Gasteiger partial charge on any atom is 0.126 e. The van der Waals surface area contributed by atoms with Gasteiger partial charge in [0.05, 0.1) is 45.1 Å². The van der Waals surface area contributed by atoms with Gasteiger partial charge in [-0.15, -0.1) is 0 Å². The van der Waals surface area contributed by atoms with Crippen LogP contribution in [0.1, 0.15) is 71.6 Å². The molecule has 0 radical (unpaired) electrons. The van der Waals surface area contributed by atoms with Crippen LogP contribution in [0.4, 0.5) is 0 Å². The summed E-state index contributed by atoms with van der Waals surface area (Å²) in [5.41, 5.74) is 5.50. The van der Waals surface area contributed by atoms with Gasteiger partial charge in [0.1, 0.15) is 24.7 Å². The number of hydrogen-bond donors (Lipinski definition) is 0. The molecule has 1 spiro atoms. The van der Waals surface area contributed by atoms with Crippen molar-refractivity contribution in [3.63, 3.8) is 0 Å². The second-order valence-electron chi connectivity index (χ2n) is 10.9. The molecule has 2 aromatic rings. The number of benzene rings is 2. The van der Waals surface area contributed by atoms with Crippen LogP contribution in [0.25, 0.3) is 0 Å². The predicted molar refractivity (Wildman–Crippen MR) is 128 cm³/mol. The lowest BCUT2D eigenvalue weighted by molar-refractivity contribution is -0.179. The summed E-state index contributed by atoms with van der Waals surface area (Å²) >= 11 is 0. The van der Waals surface area contributed by atoms with Crippen LogP contribution in [0.15, 0.2) is 36.4 Å². The van der Waals surface area contributed by atoms with Crippen molar-refractivity contribution < 1.29 is 23.7 Å². The van der Waals surface area contributed by atoms with Crippen LogP contribution >= 0.6 is 0 Å². The Kier molecular flexibility index (Phi) is 5.33. The van der Waals surface area contributed by atoms with Crippen LogP contribution in [0.5, 0.6) is 11.5 Å². The zero-order chi connectivity index (χ0) is 22.5. The molecule has 2 aromatic carbocycles. The summed E-state index contributed by atoms with van der Waals surface area (Å²) in [6.45, 7) is 5.02. The minimum atomic E-state index is -0.0355. The first-order valence-electron chi connectivity index (χ1n) is 13.1. The predicted octanol–water partition coefficient (Wildman–Crippen LogP) is 5.14. The van der Waals surface area contributed by atoms with Crippen LogP contribution in [0.3, 0.4) is 0 Å². The fraction of sp³-hybridized carbons (Fsp3) is 0.586. The molecule has 1 saturated heterocycles. The van der Waals surface area contributed by atoms with Gasteiger partial charge in [-0.3, -0.25) is 0 Å². The topological polar surface area (TPSA) is 46.2 Å². The summed E-state index contributed by atoms with van der Waals surface area (Å²) in [7, 11) is 0. The molecule has 8 rings (SSSR count). The van der Waals surface area contributed by atoms with E-state index in [-0.39, 0.29) is 5.41 Å². The molecule has 5 heteroatoms. The first-order valence-corrected chi connectivity index (χ1v) is 13.1. The lowest BCUT2D eigenvalue weighted by Gasteiger charge is -2.44. The molecule has 3 heterocycles. The van der Waals surface area contributed by atoms with E-state index in [1.807, 2.05) is 0 Å². The van der Waals surface area contributed by atoms with Gasteiger partial charge in [0, 0.05) is 0 Å². The quantitative estimate of drug-likeness (QED) is 0.542. The van der Waals surface area contributed by atoms with Crippen molar-refractivity contribution in [1.29, 1.82) is 0 Å². The van der Waals surface area contributed by atoms with Crippen LogP contribution in [0, 0.1) is 5.41 Å². The maximum absolute atomic E-state index is 6.59. The lowest BCUT2D eigenvalue weighted by Crippen LogP contribution is -2.50. The van der Waals surface area contributed by atoms with E-state index in [1.54, 1.807) is 0 Å². The highest BCUT2D eigenvalue weighted by molar-refractivity contribution is 5.56. The molecule has 3 aliphatic heterocycles. The van der Waals surface area contributed by atoms with Crippen molar-refractivity contribution in [2.45, 2.75) is 49.4 Å². The van der Waals surface area contributed by atoms with Gasteiger partial charge in [-0.05, 0) is 71.6 Å². The normalized spacial score (nSPS) is 31.6. The van der Waals surface area contributed by atoms with Gasteiger partial charge in [0.25, 0.3) is 0 Å². The largest absolute Gasteiger partial charge is 0.491 e. The van der Waals surface area contributed by atoms with Gasteiger partial charge in [-0.25, -0.2) is 0 Å². The van der Waals surface area contributed by atoms with E-state index in [0.29, 0.717) is 76.5 Å². The molecule has 0 N–H and O–H groups in total. The Balaban J connectivity index is 1.30. The molecule has 34 heavy (non-hydrogen) atoms. The first kappa shape index (κ1) is 21.2. The van der Waals surface area contributed by atoms with Crippen molar-refractivity contribution in [3.8, 4) is 11.5 Å². The zero-order valence-electron chi connectivity index (χ0n) is 19.8. The van der Waals surface area contributed by atoms with E-state index in [0.717, 1.165) is 11.5 Å². The molecule has 6 bridgehead atoms. The number of hydrogen-bond acceptors (Lipinski definition) is 5. The zero-order valence-corrected chi connectivity index (χ0v) is 19.8. The van der Waals surface area contributed by atoms with Gasteiger partial charge < -0.3 is 23.7 Å². The molecular weight excluding hydrogens is 428 g/mol. The minimum absolute atomic E-state index is 0.0355. The lowest BCUT2D eigenvalue weighted by atomic mass is 9.61. The summed E-state index contributed by atoms with van der Waals surface area (Å²) in [5.74, 6) is 4.19. The average molecular weight is 463 g/mol. The number of ether oxygens (including phenoxy) is 5. The van der Waals surface area contributed by atoms with Crippen LogP contribution in [-0.2, 0) is 14.2 Å². The molecule has 1 unspecified atom stereocenters. The summed E-state index contributed by atoms with van der Waals surface area (Å²) < 4.78 is 30.9. The van der Waals surface area contributed by atoms with E-state index in [4.69, 9.17) is 23.7 Å². The van der Waals surface area contributed by atoms with Gasteiger partial charge in [0.15, 0.2) is 0 Å². The molecule has 0 aromatic heterocycles. The molecule has 0 amide bonds. The van der Waals surface area contributed by atoms with Gasteiger partial charge in [0.2, 0.25) is 0 Å². The van der Waals surface area contributed by atoms with Gasteiger partial charge in [-0.2, -0.15) is 0 Å². The second-order valence-corrected chi connectivity index (χ2v) is 10.9. The smallest absolute Gasteiger partial charge is 0.126 e. The van der Waals surface area contributed by atoms with E-state index in [2.05, 4.69) is 36.4 Å². The Morgan fingerprint density at radius 1 is 0.500 bits per heavy atom. The summed E-state index contributed by atoms with van der Waals surface area (Å²) in [6.07, 6.45) is 4.80. The standard InChI is InChI=1S/C29H34O5/c1-3-23-19-7-9-21(19)25-5-2-6-26-22-10-8-20(22)24(4-1)27(23)33-13-11-30-15-29(17-32-18-29)16-31-12-14-34-28(25)26/h1-6,19-22H,7-18H2/t19-,20-,21+,22?/m0/s1. The second kappa shape index (κ2) is 8.54. The Hall–Kier alpha value is -2.08. The number of para-hydroxylation sites is 2. The molecular formula is C29H34O5. The highest BCUT2D eigenvalue weighted by Gasteiger charge is 2.44. The number of fused-ring (bicyclic) bond motifs is 8. The maximum atomic E-state index is 6.59. The first-order chi connectivity index (χ1) is 16.8. The summed E-state index contributed by atoms with van der Waals surface area (Å²) in [4.78, 5) is 0. The highest BCUT2D eigenvalue weighted by Crippen LogP contribution is 2.60. The Bertz CT molecular complexity index is 924. The third kappa shape index (κ3) is 3.39. The molecule has 2 saturated carbocycles. The van der Waals surface area contributed by atoms with E-state index in [9.17, 15) is 0 Å². The number of rotatable bonds is 0. The molecule has 6 aliphatic rings. The SMILES string of the molecule is c1cc2c3c(c1)[C@H]1CC[C@H]1c1cccc(c1OCCOCC1(COCCO3)COC1)C1CC[C@H]21. The Morgan fingerprint density at radius 3 is 1.21 bits per heavy atom. The molecule has 3 aliphatic carbocycles. The fourth-order valence-corrected chi connectivity index (χ4v) is 6.72. The van der Waals surface area contributed by atoms with E-state index >= 15 is 0 Å². The average Bonchev–Trinajstić information content (AvgIpc) is 2.76. The third-order valence-electron chi connectivity index (χ3n) is 8.88. The Morgan fingerprint density at radius 2 is 0.882 bits per heavy atom. The van der Waals surface area contributed by atoms with Crippen LogP contribution in [-0.4, -0.2) is 52.9 Å². The highest BCUT2D eigenvalue weighted by atomic mass is 16.6. The van der Waals surface area contributed by atoms with Crippen LogP contribution < -0.4 is 9.47 Å². The van der Waals surface area contributed by atoms with Crippen molar-refractivity contribution in [2.75, 3.05) is 52.9 Å². The van der Waals surface area contributed by atoms with Crippen molar-refractivity contribution in [2.24, 2.45) is 5.41 Å². The Labute approximate surface area is 201 Å². The van der Waals surface area contributed by atoms with Crippen molar-refractivity contribution >= 4 is 0 Å². The fourth-order valence-electron chi connectivity index (χ4n) is 6.72. The molecule has 180 valence electrons. The molecule has 5 nitrogen and oxygen atoms in total. The minimum Gasteiger partial charge on any atom is -0.491 e. The summed E-state index contributed by atoms with van der Waals surface area (Å²) in [5, 5.41) is 0. The summed E-state index contributed by atoms with van der Waals surface area (Å²) in [6, 6.07) is 13.7.